The van der Waals surface area contributed by atoms with E-state index in [9.17, 15) is 4.79 Å². The third kappa shape index (κ3) is 5.37. The molecule has 0 aliphatic rings. The molecule has 2 rings (SSSR count). The summed E-state index contributed by atoms with van der Waals surface area (Å²) in [5.41, 5.74) is 1.58. The first-order valence-corrected chi connectivity index (χ1v) is 8.43. The number of halogens is 1. The molecule has 0 spiro atoms. The van der Waals surface area contributed by atoms with Gasteiger partial charge in [0, 0.05) is 16.5 Å². The SMILES string of the molecule is O=C(O)c1ccccc1SCCCNCc1ccc(Cl)cc1. The maximum Gasteiger partial charge on any atom is 0.336 e. The largest absolute Gasteiger partial charge is 0.478 e. The van der Waals surface area contributed by atoms with Gasteiger partial charge in [0.25, 0.3) is 0 Å². The van der Waals surface area contributed by atoms with E-state index in [1.54, 1.807) is 23.9 Å². The molecule has 0 aliphatic carbocycles. The number of benzene rings is 2. The lowest BCUT2D eigenvalue weighted by atomic mass is 10.2. The number of aromatic carboxylic acids is 1. The Hall–Kier alpha value is -1.49. The number of carboxylic acids is 1. The van der Waals surface area contributed by atoms with Crippen molar-refractivity contribution in [2.75, 3.05) is 12.3 Å². The predicted molar refractivity (Wildman–Crippen MR) is 91.9 cm³/mol. The van der Waals surface area contributed by atoms with Gasteiger partial charge in [-0.2, -0.15) is 0 Å². The molecule has 0 atom stereocenters. The van der Waals surface area contributed by atoms with Gasteiger partial charge in [-0.3, -0.25) is 0 Å². The van der Waals surface area contributed by atoms with E-state index in [4.69, 9.17) is 16.7 Å². The molecule has 0 amide bonds. The van der Waals surface area contributed by atoms with Gasteiger partial charge in [0.15, 0.2) is 0 Å². The molecule has 2 aromatic carbocycles. The van der Waals surface area contributed by atoms with Crippen molar-refractivity contribution in [2.24, 2.45) is 0 Å². The molecule has 0 radical (unpaired) electrons. The van der Waals surface area contributed by atoms with E-state index in [0.29, 0.717) is 5.56 Å². The van der Waals surface area contributed by atoms with E-state index in [1.165, 1.54) is 5.56 Å². The number of hydrogen-bond acceptors (Lipinski definition) is 3. The standard InChI is InChI=1S/C17H18ClNO2S/c18-14-8-6-13(7-9-14)12-19-10-3-11-22-16-5-2-1-4-15(16)17(20)21/h1-2,4-9,19H,3,10-12H2,(H,20,21). The van der Waals surface area contributed by atoms with Crippen LogP contribution in [0, 0.1) is 0 Å². The number of carbonyl (C=O) groups is 1. The van der Waals surface area contributed by atoms with Crippen molar-refractivity contribution in [2.45, 2.75) is 17.9 Å². The number of hydrogen-bond donors (Lipinski definition) is 2. The van der Waals surface area contributed by atoms with Crippen molar-refractivity contribution in [3.63, 3.8) is 0 Å². The van der Waals surface area contributed by atoms with Crippen LogP contribution in [0.1, 0.15) is 22.3 Å². The van der Waals surface area contributed by atoms with Gasteiger partial charge in [-0.05, 0) is 48.5 Å². The Bertz CT molecular complexity index is 616. The van der Waals surface area contributed by atoms with Crippen LogP contribution >= 0.6 is 23.4 Å². The summed E-state index contributed by atoms with van der Waals surface area (Å²) in [6.07, 6.45) is 0.978. The van der Waals surface area contributed by atoms with E-state index in [0.717, 1.165) is 35.2 Å². The second kappa shape index (κ2) is 8.83. The van der Waals surface area contributed by atoms with Crippen LogP contribution in [0.4, 0.5) is 0 Å². The summed E-state index contributed by atoms with van der Waals surface area (Å²) in [7, 11) is 0. The van der Waals surface area contributed by atoms with Crippen molar-refractivity contribution >= 4 is 29.3 Å². The smallest absolute Gasteiger partial charge is 0.336 e. The van der Waals surface area contributed by atoms with Gasteiger partial charge in [0.2, 0.25) is 0 Å². The van der Waals surface area contributed by atoms with Crippen LogP contribution < -0.4 is 5.32 Å². The van der Waals surface area contributed by atoms with Gasteiger partial charge in [-0.15, -0.1) is 11.8 Å². The van der Waals surface area contributed by atoms with Gasteiger partial charge >= 0.3 is 5.97 Å². The lowest BCUT2D eigenvalue weighted by Gasteiger charge is -2.07. The molecule has 0 unspecified atom stereocenters. The summed E-state index contributed by atoms with van der Waals surface area (Å²) >= 11 is 7.43. The normalized spacial score (nSPS) is 10.6. The third-order valence-corrected chi connectivity index (χ3v) is 4.53. The molecular weight excluding hydrogens is 318 g/mol. The highest BCUT2D eigenvalue weighted by Crippen LogP contribution is 2.23. The van der Waals surface area contributed by atoms with E-state index in [1.807, 2.05) is 36.4 Å². The molecular formula is C17H18ClNO2S. The molecule has 116 valence electrons. The van der Waals surface area contributed by atoms with Crippen molar-refractivity contribution in [3.05, 3.63) is 64.7 Å². The van der Waals surface area contributed by atoms with Crippen molar-refractivity contribution in [1.82, 2.24) is 5.32 Å². The fourth-order valence-electron chi connectivity index (χ4n) is 1.98. The second-order valence-electron chi connectivity index (χ2n) is 4.81. The molecule has 0 aromatic heterocycles. The van der Waals surface area contributed by atoms with E-state index >= 15 is 0 Å². The minimum absolute atomic E-state index is 0.377. The summed E-state index contributed by atoms with van der Waals surface area (Å²) < 4.78 is 0. The van der Waals surface area contributed by atoms with Crippen molar-refractivity contribution in [3.8, 4) is 0 Å². The Labute approximate surface area is 139 Å². The molecule has 2 aromatic rings. The van der Waals surface area contributed by atoms with E-state index in [-0.39, 0.29) is 0 Å². The zero-order valence-corrected chi connectivity index (χ0v) is 13.7. The molecule has 0 fully saturated rings. The monoisotopic (exact) mass is 335 g/mol. The highest BCUT2D eigenvalue weighted by atomic mass is 35.5. The molecule has 0 saturated carbocycles. The molecule has 22 heavy (non-hydrogen) atoms. The maximum absolute atomic E-state index is 11.1. The lowest BCUT2D eigenvalue weighted by molar-refractivity contribution is 0.0693. The Morgan fingerprint density at radius 1 is 1.14 bits per heavy atom. The zero-order chi connectivity index (χ0) is 15.8. The first-order chi connectivity index (χ1) is 10.7. The van der Waals surface area contributed by atoms with Gasteiger partial charge < -0.3 is 10.4 Å². The highest BCUT2D eigenvalue weighted by molar-refractivity contribution is 7.99. The average molecular weight is 336 g/mol. The molecule has 0 heterocycles. The first kappa shape index (κ1) is 16.9. The molecule has 0 saturated heterocycles. The van der Waals surface area contributed by atoms with Gasteiger partial charge in [0.05, 0.1) is 5.56 Å². The fraction of sp³-hybridized carbons (Fsp3) is 0.235. The lowest BCUT2D eigenvalue weighted by Crippen LogP contribution is -2.15. The Balaban J connectivity index is 1.67. The average Bonchev–Trinajstić information content (AvgIpc) is 2.52. The van der Waals surface area contributed by atoms with Crippen LogP contribution in [0.3, 0.4) is 0 Å². The fourth-order valence-corrected chi connectivity index (χ4v) is 3.10. The van der Waals surface area contributed by atoms with Gasteiger partial charge in [-0.1, -0.05) is 35.9 Å². The first-order valence-electron chi connectivity index (χ1n) is 7.07. The Kier molecular flexibility index (Phi) is 6.77. The number of nitrogens with one attached hydrogen (secondary N) is 1. The summed E-state index contributed by atoms with van der Waals surface area (Å²) in [6, 6.07) is 14.9. The quantitative estimate of drug-likeness (QED) is 0.557. The Morgan fingerprint density at radius 3 is 2.59 bits per heavy atom. The Morgan fingerprint density at radius 2 is 1.86 bits per heavy atom. The molecule has 0 bridgehead atoms. The maximum atomic E-state index is 11.1. The molecule has 2 N–H and O–H groups in total. The van der Waals surface area contributed by atoms with Crippen LogP contribution in [0.2, 0.25) is 5.02 Å². The molecule has 5 heteroatoms. The van der Waals surface area contributed by atoms with Crippen LogP contribution in [0.5, 0.6) is 0 Å². The van der Waals surface area contributed by atoms with Crippen molar-refractivity contribution in [1.29, 1.82) is 0 Å². The minimum Gasteiger partial charge on any atom is -0.478 e. The van der Waals surface area contributed by atoms with Crippen LogP contribution in [0.15, 0.2) is 53.4 Å². The summed E-state index contributed by atoms with van der Waals surface area (Å²) in [6.45, 7) is 1.71. The highest BCUT2D eigenvalue weighted by Gasteiger charge is 2.08. The predicted octanol–water partition coefficient (Wildman–Crippen LogP) is 4.31. The minimum atomic E-state index is -0.871. The van der Waals surface area contributed by atoms with E-state index < -0.39 is 5.97 Å². The summed E-state index contributed by atoms with van der Waals surface area (Å²) in [5.74, 6) is 0.0155. The molecule has 0 aliphatic heterocycles. The van der Waals surface area contributed by atoms with Crippen LogP contribution in [0.25, 0.3) is 0 Å². The van der Waals surface area contributed by atoms with E-state index in [2.05, 4.69) is 5.32 Å². The van der Waals surface area contributed by atoms with Gasteiger partial charge in [-0.25, -0.2) is 4.79 Å². The van der Waals surface area contributed by atoms with Crippen LogP contribution in [-0.2, 0) is 6.54 Å². The van der Waals surface area contributed by atoms with Gasteiger partial charge in [0.1, 0.15) is 0 Å². The summed E-state index contributed by atoms with van der Waals surface area (Å²) in [5, 5.41) is 13.2. The second-order valence-corrected chi connectivity index (χ2v) is 6.38. The zero-order valence-electron chi connectivity index (χ0n) is 12.1. The van der Waals surface area contributed by atoms with Crippen LogP contribution in [-0.4, -0.2) is 23.4 Å². The van der Waals surface area contributed by atoms with Crippen molar-refractivity contribution < 1.29 is 9.90 Å². The number of carboxylic acid groups (broad SMARTS) is 1. The number of thioether (sulfide) groups is 1. The third-order valence-electron chi connectivity index (χ3n) is 3.12. The topological polar surface area (TPSA) is 49.3 Å². The molecule has 3 nitrogen and oxygen atoms in total. The summed E-state index contributed by atoms with van der Waals surface area (Å²) in [4.78, 5) is 11.9. The number of rotatable bonds is 8.